The standard InChI is InChI=1S/C18H25FN4O3S/c1-20-27(24,25)23(15-7-8-15)11-12-2-5-14(6-3-12)21-18-22-16-9-4-13(19)10-17(16)26-18/h4,9-10,12,14-15,20H,2-3,5-8,11H2,1H3,(H,21,22). The van der Waals surface area contributed by atoms with Gasteiger partial charge in [0.25, 0.3) is 16.2 Å². The molecule has 1 heterocycles. The largest absolute Gasteiger partial charge is 0.423 e. The molecule has 27 heavy (non-hydrogen) atoms. The van der Waals surface area contributed by atoms with Crippen LogP contribution in [0.2, 0.25) is 0 Å². The minimum absolute atomic E-state index is 0.165. The van der Waals surface area contributed by atoms with E-state index in [0.29, 0.717) is 29.6 Å². The van der Waals surface area contributed by atoms with Gasteiger partial charge in [-0.05, 0) is 56.6 Å². The maximum Gasteiger partial charge on any atom is 0.295 e. The average molecular weight is 396 g/mol. The van der Waals surface area contributed by atoms with E-state index in [1.54, 1.807) is 10.4 Å². The highest BCUT2D eigenvalue weighted by molar-refractivity contribution is 7.87. The first kappa shape index (κ1) is 18.6. The number of oxazole rings is 1. The summed E-state index contributed by atoms with van der Waals surface area (Å²) < 4.78 is 47.4. The van der Waals surface area contributed by atoms with Crippen molar-refractivity contribution in [1.29, 1.82) is 0 Å². The number of hydrogen-bond donors (Lipinski definition) is 2. The summed E-state index contributed by atoms with van der Waals surface area (Å²) in [5, 5.41) is 3.30. The minimum Gasteiger partial charge on any atom is -0.423 e. The van der Waals surface area contributed by atoms with Gasteiger partial charge >= 0.3 is 0 Å². The van der Waals surface area contributed by atoms with Crippen LogP contribution in [0.25, 0.3) is 11.1 Å². The second kappa shape index (κ2) is 7.37. The molecule has 7 nitrogen and oxygen atoms in total. The zero-order valence-corrected chi connectivity index (χ0v) is 16.1. The Labute approximate surface area is 158 Å². The molecule has 0 unspecified atom stereocenters. The van der Waals surface area contributed by atoms with Crippen LogP contribution in [0.5, 0.6) is 0 Å². The van der Waals surface area contributed by atoms with Crippen molar-refractivity contribution in [1.82, 2.24) is 14.0 Å². The number of fused-ring (bicyclic) bond motifs is 1. The fourth-order valence-electron chi connectivity index (χ4n) is 3.80. The molecule has 1 aromatic heterocycles. The first-order valence-corrected chi connectivity index (χ1v) is 10.9. The molecule has 9 heteroatoms. The van der Waals surface area contributed by atoms with Crippen molar-refractivity contribution in [3.05, 3.63) is 24.0 Å². The molecule has 0 atom stereocenters. The van der Waals surface area contributed by atoms with E-state index in [-0.39, 0.29) is 17.9 Å². The highest BCUT2D eigenvalue weighted by Crippen LogP contribution is 2.33. The van der Waals surface area contributed by atoms with E-state index < -0.39 is 10.2 Å². The van der Waals surface area contributed by atoms with Crippen LogP contribution in [0.1, 0.15) is 38.5 Å². The highest BCUT2D eigenvalue weighted by atomic mass is 32.2. The lowest BCUT2D eigenvalue weighted by Crippen LogP contribution is -2.44. The molecule has 2 saturated carbocycles. The first-order chi connectivity index (χ1) is 12.9. The Balaban J connectivity index is 1.33. The van der Waals surface area contributed by atoms with Crippen LogP contribution in [-0.4, -0.2) is 43.4 Å². The first-order valence-electron chi connectivity index (χ1n) is 9.47. The zero-order valence-electron chi connectivity index (χ0n) is 15.3. The fraction of sp³-hybridized carbons (Fsp3) is 0.611. The molecule has 2 N–H and O–H groups in total. The summed E-state index contributed by atoms with van der Waals surface area (Å²) in [4.78, 5) is 4.35. The number of hydrogen-bond acceptors (Lipinski definition) is 5. The Morgan fingerprint density at radius 2 is 1.96 bits per heavy atom. The summed E-state index contributed by atoms with van der Waals surface area (Å²) >= 11 is 0. The molecule has 1 aromatic carbocycles. The van der Waals surface area contributed by atoms with Crippen molar-refractivity contribution in [2.75, 3.05) is 18.9 Å². The second-order valence-corrected chi connectivity index (χ2v) is 9.33. The van der Waals surface area contributed by atoms with Crippen molar-refractivity contribution in [3.63, 3.8) is 0 Å². The molecular weight excluding hydrogens is 371 g/mol. The van der Waals surface area contributed by atoms with Gasteiger partial charge in [-0.15, -0.1) is 0 Å². The topological polar surface area (TPSA) is 87.5 Å². The van der Waals surface area contributed by atoms with Crippen molar-refractivity contribution >= 4 is 27.3 Å². The molecule has 0 bridgehead atoms. The number of rotatable bonds is 7. The Morgan fingerprint density at radius 1 is 1.22 bits per heavy atom. The van der Waals surface area contributed by atoms with Gasteiger partial charge in [0.1, 0.15) is 11.3 Å². The predicted octanol–water partition coefficient (Wildman–Crippen LogP) is 2.87. The van der Waals surface area contributed by atoms with E-state index in [9.17, 15) is 12.8 Å². The molecule has 0 aliphatic heterocycles. The Kier molecular flexibility index (Phi) is 5.09. The number of aromatic nitrogens is 1. The maximum absolute atomic E-state index is 13.3. The zero-order chi connectivity index (χ0) is 19.0. The molecule has 2 aliphatic rings. The summed E-state index contributed by atoms with van der Waals surface area (Å²) in [5.74, 6) is 0.0203. The smallest absolute Gasteiger partial charge is 0.295 e. The number of benzene rings is 1. The van der Waals surface area contributed by atoms with Gasteiger partial charge in [0.15, 0.2) is 5.58 Å². The third kappa shape index (κ3) is 4.25. The molecule has 0 saturated heterocycles. The van der Waals surface area contributed by atoms with Gasteiger partial charge in [-0.25, -0.2) is 9.11 Å². The Morgan fingerprint density at radius 3 is 2.63 bits per heavy atom. The lowest BCUT2D eigenvalue weighted by Gasteiger charge is -2.32. The van der Waals surface area contributed by atoms with Crippen molar-refractivity contribution in [2.45, 2.75) is 50.6 Å². The van der Waals surface area contributed by atoms with Crippen LogP contribution in [0.4, 0.5) is 10.4 Å². The van der Waals surface area contributed by atoms with Gasteiger partial charge in [-0.1, -0.05) is 0 Å². The van der Waals surface area contributed by atoms with E-state index >= 15 is 0 Å². The van der Waals surface area contributed by atoms with Crippen LogP contribution in [0.3, 0.4) is 0 Å². The van der Waals surface area contributed by atoms with Crippen LogP contribution in [0, 0.1) is 11.7 Å². The fourth-order valence-corrected chi connectivity index (χ4v) is 5.05. The van der Waals surface area contributed by atoms with Gasteiger partial charge in [0.2, 0.25) is 0 Å². The Hall–Kier alpha value is -1.71. The summed E-state index contributed by atoms with van der Waals surface area (Å²) in [5.41, 5.74) is 1.06. The summed E-state index contributed by atoms with van der Waals surface area (Å²) in [6, 6.07) is 5.11. The Bertz CT molecular complexity index is 904. The second-order valence-electron chi connectivity index (χ2n) is 7.50. The van der Waals surface area contributed by atoms with Gasteiger partial charge < -0.3 is 9.73 Å². The quantitative estimate of drug-likeness (QED) is 0.751. The van der Waals surface area contributed by atoms with Crippen molar-refractivity contribution in [3.8, 4) is 0 Å². The molecule has 148 valence electrons. The number of nitrogens with one attached hydrogen (secondary N) is 2. The van der Waals surface area contributed by atoms with E-state index in [0.717, 1.165) is 38.5 Å². The summed E-state index contributed by atoms with van der Waals surface area (Å²) in [6.45, 7) is 0.586. The predicted molar refractivity (Wildman–Crippen MR) is 101 cm³/mol. The molecule has 2 fully saturated rings. The van der Waals surface area contributed by atoms with E-state index in [4.69, 9.17) is 4.42 Å². The van der Waals surface area contributed by atoms with E-state index in [1.807, 2.05) is 0 Å². The number of halogens is 1. The average Bonchev–Trinajstić information content (AvgIpc) is 3.41. The van der Waals surface area contributed by atoms with Crippen molar-refractivity contribution < 1.29 is 17.2 Å². The molecule has 0 spiro atoms. The van der Waals surface area contributed by atoms with Crippen LogP contribution < -0.4 is 10.0 Å². The molecule has 0 radical (unpaired) electrons. The van der Waals surface area contributed by atoms with Gasteiger partial charge in [-0.3, -0.25) is 0 Å². The number of nitrogens with zero attached hydrogens (tertiary/aromatic N) is 2. The van der Waals surface area contributed by atoms with E-state index in [1.165, 1.54) is 19.2 Å². The van der Waals surface area contributed by atoms with Gasteiger partial charge in [0.05, 0.1) is 0 Å². The number of anilines is 1. The lowest BCUT2D eigenvalue weighted by atomic mass is 9.86. The minimum atomic E-state index is -3.36. The summed E-state index contributed by atoms with van der Waals surface area (Å²) in [7, 11) is -1.89. The van der Waals surface area contributed by atoms with Gasteiger partial charge in [-0.2, -0.15) is 17.7 Å². The lowest BCUT2D eigenvalue weighted by molar-refractivity contribution is 0.263. The monoisotopic (exact) mass is 396 g/mol. The van der Waals surface area contributed by atoms with Crippen LogP contribution in [0.15, 0.2) is 22.6 Å². The van der Waals surface area contributed by atoms with Crippen LogP contribution in [-0.2, 0) is 10.2 Å². The molecule has 2 aromatic rings. The summed E-state index contributed by atoms with van der Waals surface area (Å²) in [6.07, 6.45) is 5.67. The van der Waals surface area contributed by atoms with Crippen LogP contribution >= 0.6 is 0 Å². The SMILES string of the molecule is CNS(=O)(=O)N(CC1CCC(Nc2nc3ccc(F)cc3o2)CC1)C1CC1. The normalized spacial score (nSPS) is 23.8. The molecule has 2 aliphatic carbocycles. The molecular formula is C18H25FN4O3S. The molecule has 0 amide bonds. The maximum atomic E-state index is 13.3. The highest BCUT2D eigenvalue weighted by Gasteiger charge is 2.38. The third-order valence-electron chi connectivity index (χ3n) is 5.48. The van der Waals surface area contributed by atoms with Gasteiger partial charge in [0, 0.05) is 31.7 Å². The van der Waals surface area contributed by atoms with E-state index in [2.05, 4.69) is 15.0 Å². The molecule has 4 rings (SSSR count). The van der Waals surface area contributed by atoms with Crippen molar-refractivity contribution in [2.24, 2.45) is 5.92 Å². The third-order valence-corrected chi connectivity index (χ3v) is 7.06.